The molecule has 18 heavy (non-hydrogen) atoms. The van der Waals surface area contributed by atoms with Gasteiger partial charge in [0.2, 0.25) is 0 Å². The van der Waals surface area contributed by atoms with E-state index in [9.17, 15) is 0 Å². The van der Waals surface area contributed by atoms with Crippen LogP contribution < -0.4 is 10.2 Å². The molecule has 0 aliphatic heterocycles. The molecule has 1 N–H and O–H groups in total. The van der Waals surface area contributed by atoms with Crippen LogP contribution >= 0.6 is 0 Å². The molecule has 3 nitrogen and oxygen atoms in total. The average molecular weight is 247 g/mol. The zero-order valence-electron chi connectivity index (χ0n) is 12.0. The molecule has 0 amide bonds. The lowest BCUT2D eigenvalue weighted by molar-refractivity contribution is 0.601. The SMILES string of the molecule is CNC(C)c1ccc(N(CC(C)C)C2CC2)nc1. The first-order chi connectivity index (χ1) is 8.61. The van der Waals surface area contributed by atoms with Crippen LogP contribution in [0, 0.1) is 5.92 Å². The molecule has 1 aromatic rings. The molecule has 1 aromatic heterocycles. The Hall–Kier alpha value is -1.09. The Balaban J connectivity index is 2.10. The van der Waals surface area contributed by atoms with Crippen molar-refractivity contribution in [1.82, 2.24) is 10.3 Å². The Morgan fingerprint density at radius 2 is 2.06 bits per heavy atom. The van der Waals surface area contributed by atoms with Gasteiger partial charge in [0.25, 0.3) is 0 Å². The summed E-state index contributed by atoms with van der Waals surface area (Å²) in [6.45, 7) is 7.81. The minimum Gasteiger partial charge on any atom is -0.353 e. The van der Waals surface area contributed by atoms with Crippen LogP contribution in [0.2, 0.25) is 0 Å². The van der Waals surface area contributed by atoms with Gasteiger partial charge in [0.05, 0.1) is 0 Å². The molecule has 0 bridgehead atoms. The van der Waals surface area contributed by atoms with Crippen LogP contribution in [-0.2, 0) is 0 Å². The lowest BCUT2D eigenvalue weighted by atomic mass is 10.1. The van der Waals surface area contributed by atoms with Gasteiger partial charge in [0.15, 0.2) is 0 Å². The maximum Gasteiger partial charge on any atom is 0.128 e. The third-order valence-electron chi connectivity index (χ3n) is 3.55. The molecule has 2 rings (SSSR count). The molecule has 1 saturated carbocycles. The number of hydrogen-bond acceptors (Lipinski definition) is 3. The molecule has 100 valence electrons. The van der Waals surface area contributed by atoms with Gasteiger partial charge in [-0.2, -0.15) is 0 Å². The third-order valence-corrected chi connectivity index (χ3v) is 3.55. The number of rotatable bonds is 6. The lowest BCUT2D eigenvalue weighted by Crippen LogP contribution is -2.30. The topological polar surface area (TPSA) is 28.2 Å². The third kappa shape index (κ3) is 3.22. The van der Waals surface area contributed by atoms with E-state index in [1.165, 1.54) is 18.4 Å². The van der Waals surface area contributed by atoms with E-state index in [4.69, 9.17) is 0 Å². The monoisotopic (exact) mass is 247 g/mol. The van der Waals surface area contributed by atoms with E-state index in [1.807, 2.05) is 13.2 Å². The van der Waals surface area contributed by atoms with Gasteiger partial charge in [0, 0.05) is 24.8 Å². The van der Waals surface area contributed by atoms with Gasteiger partial charge in [-0.25, -0.2) is 4.98 Å². The molecule has 0 saturated heterocycles. The number of aromatic nitrogens is 1. The smallest absolute Gasteiger partial charge is 0.128 e. The van der Waals surface area contributed by atoms with E-state index < -0.39 is 0 Å². The van der Waals surface area contributed by atoms with Crippen molar-refractivity contribution in [1.29, 1.82) is 0 Å². The number of pyridine rings is 1. The quantitative estimate of drug-likeness (QED) is 0.837. The highest BCUT2D eigenvalue weighted by Crippen LogP contribution is 2.31. The van der Waals surface area contributed by atoms with Gasteiger partial charge in [-0.3, -0.25) is 0 Å². The van der Waals surface area contributed by atoms with E-state index in [1.54, 1.807) is 0 Å². The van der Waals surface area contributed by atoms with E-state index in [-0.39, 0.29) is 0 Å². The van der Waals surface area contributed by atoms with Crippen LogP contribution in [0.5, 0.6) is 0 Å². The van der Waals surface area contributed by atoms with Crippen LogP contribution in [0.3, 0.4) is 0 Å². The maximum atomic E-state index is 4.65. The predicted molar refractivity (Wildman–Crippen MR) is 76.9 cm³/mol. The number of nitrogens with one attached hydrogen (secondary N) is 1. The Bertz CT molecular complexity index is 368. The fourth-order valence-electron chi connectivity index (χ4n) is 2.20. The van der Waals surface area contributed by atoms with Crippen LogP contribution in [0.25, 0.3) is 0 Å². The normalized spacial score (nSPS) is 16.9. The van der Waals surface area contributed by atoms with Gasteiger partial charge in [-0.1, -0.05) is 19.9 Å². The van der Waals surface area contributed by atoms with Gasteiger partial charge in [-0.15, -0.1) is 0 Å². The second-order valence-corrected chi connectivity index (χ2v) is 5.74. The standard InChI is InChI=1S/C15H25N3/c1-11(2)10-18(14-6-7-14)15-8-5-13(9-17-15)12(3)16-4/h5,8-9,11-12,14,16H,6-7,10H2,1-4H3. The van der Waals surface area contributed by atoms with Crippen molar-refractivity contribution in [2.75, 3.05) is 18.5 Å². The van der Waals surface area contributed by atoms with E-state index in [0.29, 0.717) is 12.0 Å². The fourth-order valence-corrected chi connectivity index (χ4v) is 2.20. The summed E-state index contributed by atoms with van der Waals surface area (Å²) >= 11 is 0. The molecule has 1 aliphatic carbocycles. The summed E-state index contributed by atoms with van der Waals surface area (Å²) in [6.07, 6.45) is 4.65. The summed E-state index contributed by atoms with van der Waals surface area (Å²) in [5.74, 6) is 1.82. The molecule has 1 fully saturated rings. The van der Waals surface area contributed by atoms with Crippen molar-refractivity contribution in [2.24, 2.45) is 5.92 Å². The van der Waals surface area contributed by atoms with Crippen molar-refractivity contribution >= 4 is 5.82 Å². The summed E-state index contributed by atoms with van der Waals surface area (Å²) in [7, 11) is 1.98. The van der Waals surface area contributed by atoms with Crippen LogP contribution in [-0.4, -0.2) is 24.6 Å². The van der Waals surface area contributed by atoms with Crippen molar-refractivity contribution in [3.63, 3.8) is 0 Å². The largest absolute Gasteiger partial charge is 0.353 e. The molecule has 0 spiro atoms. The van der Waals surface area contributed by atoms with E-state index >= 15 is 0 Å². The highest BCUT2D eigenvalue weighted by atomic mass is 15.2. The second-order valence-electron chi connectivity index (χ2n) is 5.74. The Morgan fingerprint density at radius 3 is 2.50 bits per heavy atom. The predicted octanol–water partition coefficient (Wildman–Crippen LogP) is 2.99. The van der Waals surface area contributed by atoms with Crippen molar-refractivity contribution in [3.8, 4) is 0 Å². The van der Waals surface area contributed by atoms with Crippen molar-refractivity contribution < 1.29 is 0 Å². The number of nitrogens with zero attached hydrogens (tertiary/aromatic N) is 2. The van der Waals surface area contributed by atoms with Gasteiger partial charge in [0.1, 0.15) is 5.82 Å². The molecule has 1 unspecified atom stereocenters. The van der Waals surface area contributed by atoms with Gasteiger partial charge >= 0.3 is 0 Å². The van der Waals surface area contributed by atoms with Crippen LogP contribution in [0.1, 0.15) is 45.2 Å². The molecule has 1 aliphatic rings. The van der Waals surface area contributed by atoms with Crippen LogP contribution in [0.4, 0.5) is 5.82 Å². The van der Waals surface area contributed by atoms with Crippen molar-refractivity contribution in [2.45, 2.75) is 45.7 Å². The minimum absolute atomic E-state index is 0.367. The summed E-state index contributed by atoms with van der Waals surface area (Å²) in [5.41, 5.74) is 1.25. The molecule has 3 heteroatoms. The van der Waals surface area contributed by atoms with E-state index in [0.717, 1.165) is 18.4 Å². The zero-order chi connectivity index (χ0) is 13.1. The molecular weight excluding hydrogens is 222 g/mol. The first-order valence-corrected chi connectivity index (χ1v) is 7.01. The fraction of sp³-hybridized carbons (Fsp3) is 0.667. The first kappa shape index (κ1) is 13.3. The van der Waals surface area contributed by atoms with E-state index in [2.05, 4.69) is 48.1 Å². The Kier molecular flexibility index (Phi) is 4.23. The minimum atomic E-state index is 0.367. The Morgan fingerprint density at radius 1 is 1.33 bits per heavy atom. The average Bonchev–Trinajstić information content (AvgIpc) is 3.19. The first-order valence-electron chi connectivity index (χ1n) is 7.01. The summed E-state index contributed by atoms with van der Waals surface area (Å²) < 4.78 is 0. The zero-order valence-corrected chi connectivity index (χ0v) is 12.0. The summed E-state index contributed by atoms with van der Waals surface area (Å²) in [5, 5.41) is 3.24. The highest BCUT2D eigenvalue weighted by molar-refractivity contribution is 5.42. The second kappa shape index (κ2) is 5.70. The Labute approximate surface area is 111 Å². The van der Waals surface area contributed by atoms with Gasteiger partial charge in [-0.05, 0) is 44.4 Å². The molecular formula is C15H25N3. The number of anilines is 1. The van der Waals surface area contributed by atoms with Crippen molar-refractivity contribution in [3.05, 3.63) is 23.9 Å². The molecule has 0 radical (unpaired) electrons. The molecule has 0 aromatic carbocycles. The van der Waals surface area contributed by atoms with Crippen LogP contribution in [0.15, 0.2) is 18.3 Å². The molecule has 1 atom stereocenters. The summed E-state index contributed by atoms with van der Waals surface area (Å²) in [6, 6.07) is 5.46. The number of hydrogen-bond donors (Lipinski definition) is 1. The molecule has 1 heterocycles. The maximum absolute atomic E-state index is 4.65. The summed E-state index contributed by atoms with van der Waals surface area (Å²) in [4.78, 5) is 7.12. The van der Waals surface area contributed by atoms with Gasteiger partial charge < -0.3 is 10.2 Å². The highest BCUT2D eigenvalue weighted by Gasteiger charge is 2.30. The lowest BCUT2D eigenvalue weighted by Gasteiger charge is -2.26.